The average Bonchev–Trinajstić information content (AvgIpc) is 3.09. The Balaban J connectivity index is 1.80. The fraction of sp³-hybridized carbons (Fsp3) is 0.529. The first-order chi connectivity index (χ1) is 10.7. The highest BCUT2D eigenvalue weighted by molar-refractivity contribution is 7.10. The van der Waals surface area contributed by atoms with Crippen molar-refractivity contribution in [1.82, 2.24) is 4.98 Å². The van der Waals surface area contributed by atoms with Crippen LogP contribution in [0.25, 0.3) is 0 Å². The quantitative estimate of drug-likeness (QED) is 0.866. The van der Waals surface area contributed by atoms with Gasteiger partial charge in [0, 0.05) is 6.07 Å². The van der Waals surface area contributed by atoms with E-state index in [1.165, 1.54) is 24.8 Å². The van der Waals surface area contributed by atoms with E-state index in [0.717, 1.165) is 23.7 Å². The first kappa shape index (κ1) is 14.2. The third kappa shape index (κ3) is 2.15. The van der Waals surface area contributed by atoms with Crippen molar-refractivity contribution in [1.29, 1.82) is 0 Å². The molecular formula is C17H22N3OS+. The Morgan fingerprint density at radius 1 is 1.36 bits per heavy atom. The lowest BCUT2D eigenvalue weighted by molar-refractivity contribution is -0.685. The zero-order valence-corrected chi connectivity index (χ0v) is 13.7. The molecular weight excluding hydrogens is 294 g/mol. The predicted molar refractivity (Wildman–Crippen MR) is 86.7 cm³/mol. The van der Waals surface area contributed by atoms with Gasteiger partial charge in [-0.25, -0.2) is 9.47 Å². The van der Waals surface area contributed by atoms with E-state index >= 15 is 0 Å². The second-order valence-corrected chi connectivity index (χ2v) is 7.43. The van der Waals surface area contributed by atoms with Crippen molar-refractivity contribution in [3.8, 4) is 0 Å². The van der Waals surface area contributed by atoms with E-state index in [1.807, 2.05) is 18.5 Å². The van der Waals surface area contributed by atoms with Crippen LogP contribution in [-0.4, -0.2) is 16.1 Å². The third-order valence-corrected chi connectivity index (χ3v) is 6.06. The summed E-state index contributed by atoms with van der Waals surface area (Å²) in [5.74, 6) is 0.906. The maximum atomic E-state index is 11.6. The summed E-state index contributed by atoms with van der Waals surface area (Å²) in [6.07, 6.45) is 9.93. The van der Waals surface area contributed by atoms with Gasteiger partial charge < -0.3 is 5.11 Å². The van der Waals surface area contributed by atoms with E-state index in [9.17, 15) is 5.11 Å². The summed E-state index contributed by atoms with van der Waals surface area (Å²) >= 11 is 1.65. The number of aliphatic hydroxyl groups is 1. The maximum Gasteiger partial charge on any atom is 0.397 e. The Morgan fingerprint density at radius 3 is 2.91 bits per heavy atom. The van der Waals surface area contributed by atoms with Crippen molar-refractivity contribution in [3.63, 3.8) is 0 Å². The second-order valence-electron chi connectivity index (χ2n) is 6.51. The van der Waals surface area contributed by atoms with Gasteiger partial charge in [-0.05, 0) is 36.8 Å². The van der Waals surface area contributed by atoms with Crippen molar-refractivity contribution in [2.75, 3.05) is 4.90 Å². The fourth-order valence-corrected chi connectivity index (χ4v) is 4.82. The van der Waals surface area contributed by atoms with Crippen LogP contribution in [0.4, 0.5) is 5.95 Å². The number of rotatable bonds is 2. The second kappa shape index (κ2) is 5.32. The predicted octanol–water partition coefficient (Wildman–Crippen LogP) is 2.74. The number of aromatic nitrogens is 2. The van der Waals surface area contributed by atoms with Crippen molar-refractivity contribution in [3.05, 3.63) is 40.3 Å². The molecule has 0 radical (unpaired) electrons. The van der Waals surface area contributed by atoms with Gasteiger partial charge in [0.05, 0.1) is 17.1 Å². The summed E-state index contributed by atoms with van der Waals surface area (Å²) in [5, 5.41) is 13.7. The van der Waals surface area contributed by atoms with Gasteiger partial charge in [0.25, 0.3) is 5.72 Å². The van der Waals surface area contributed by atoms with Gasteiger partial charge in [0.2, 0.25) is 0 Å². The number of hydrogen-bond acceptors (Lipinski definition) is 4. The molecule has 4 nitrogen and oxygen atoms in total. The molecule has 1 aliphatic carbocycles. The highest BCUT2D eigenvalue weighted by Gasteiger charge is 2.55. The molecule has 0 spiro atoms. The van der Waals surface area contributed by atoms with Crippen molar-refractivity contribution in [2.45, 2.75) is 57.3 Å². The van der Waals surface area contributed by atoms with Gasteiger partial charge in [0.15, 0.2) is 0 Å². The number of hydrogen-bond donors (Lipinski definition) is 1. The molecule has 1 saturated carbocycles. The van der Waals surface area contributed by atoms with Gasteiger partial charge in [-0.2, -0.15) is 0 Å². The van der Waals surface area contributed by atoms with Crippen LogP contribution in [-0.2, 0) is 12.3 Å². The lowest BCUT2D eigenvalue weighted by Crippen LogP contribution is -2.50. The lowest BCUT2D eigenvalue weighted by Gasteiger charge is -2.35. The van der Waals surface area contributed by atoms with Crippen LogP contribution >= 0.6 is 11.3 Å². The molecule has 5 heteroatoms. The van der Waals surface area contributed by atoms with E-state index in [-0.39, 0.29) is 0 Å². The van der Waals surface area contributed by atoms with Crippen LogP contribution in [0.15, 0.2) is 29.9 Å². The Kier molecular flexibility index (Phi) is 3.42. The number of anilines is 1. The molecule has 1 atom stereocenters. The Bertz CT molecular complexity index is 680. The molecule has 0 amide bonds. The summed E-state index contributed by atoms with van der Waals surface area (Å²) in [6.45, 7) is 2.65. The van der Waals surface area contributed by atoms with Crippen molar-refractivity contribution < 1.29 is 9.67 Å². The zero-order valence-electron chi connectivity index (χ0n) is 12.9. The Hall–Kier alpha value is -1.46. The largest absolute Gasteiger partial charge is 0.397 e. The molecule has 1 unspecified atom stereocenters. The van der Waals surface area contributed by atoms with Gasteiger partial charge in [0.1, 0.15) is 12.7 Å². The summed E-state index contributed by atoms with van der Waals surface area (Å²) < 4.78 is 2.09. The highest BCUT2D eigenvalue weighted by atomic mass is 32.1. The van der Waals surface area contributed by atoms with Gasteiger partial charge in [-0.1, -0.05) is 24.2 Å². The van der Waals surface area contributed by atoms with Crippen LogP contribution in [0.3, 0.4) is 0 Å². The van der Waals surface area contributed by atoms with Crippen LogP contribution in [0.2, 0.25) is 0 Å². The van der Waals surface area contributed by atoms with Gasteiger partial charge >= 0.3 is 5.95 Å². The molecule has 0 saturated heterocycles. The van der Waals surface area contributed by atoms with E-state index in [1.54, 1.807) is 11.3 Å². The molecule has 1 fully saturated rings. The van der Waals surface area contributed by atoms with Gasteiger partial charge in [-0.15, -0.1) is 11.3 Å². The van der Waals surface area contributed by atoms with E-state index in [2.05, 4.69) is 32.8 Å². The maximum absolute atomic E-state index is 11.6. The number of thiophene rings is 1. The van der Waals surface area contributed by atoms with Gasteiger partial charge in [-0.3, -0.25) is 0 Å². The molecule has 116 valence electrons. The SMILES string of the molecule is Cc1csc(C2(O)C[n+]3cccnc3N2C2CCCCC2)c1. The Labute approximate surface area is 135 Å². The minimum absolute atomic E-state index is 0.379. The zero-order chi connectivity index (χ0) is 15.2. The molecule has 4 rings (SSSR count). The average molecular weight is 316 g/mol. The van der Waals surface area contributed by atoms with E-state index < -0.39 is 5.72 Å². The standard InChI is InChI=1S/C17H22N3OS/c1-13-10-15(22-11-13)17(21)12-19-9-5-8-18-16(19)20(17)14-6-3-2-4-7-14/h5,8-11,14,21H,2-4,6-7,12H2,1H3/q+1. The number of aryl methyl sites for hydroxylation is 1. The molecule has 0 aromatic carbocycles. The summed E-state index contributed by atoms with van der Waals surface area (Å²) in [6, 6.07) is 4.44. The number of fused-ring (bicyclic) bond motifs is 1. The fourth-order valence-electron chi connectivity index (χ4n) is 3.84. The molecule has 22 heavy (non-hydrogen) atoms. The third-order valence-electron chi connectivity index (χ3n) is 4.87. The minimum atomic E-state index is -0.956. The van der Waals surface area contributed by atoms with Crippen LogP contribution in [0.1, 0.15) is 42.5 Å². The molecule has 2 aliphatic rings. The number of nitrogens with zero attached hydrogens (tertiary/aromatic N) is 3. The van der Waals surface area contributed by atoms with Crippen molar-refractivity contribution >= 4 is 17.3 Å². The van der Waals surface area contributed by atoms with E-state index in [4.69, 9.17) is 0 Å². The van der Waals surface area contributed by atoms with Crippen molar-refractivity contribution in [2.24, 2.45) is 0 Å². The van der Waals surface area contributed by atoms with Crippen LogP contribution < -0.4 is 9.47 Å². The molecule has 3 heterocycles. The molecule has 1 N–H and O–H groups in total. The minimum Gasteiger partial charge on any atom is -0.352 e. The monoisotopic (exact) mass is 316 g/mol. The molecule has 0 bridgehead atoms. The molecule has 1 aliphatic heterocycles. The lowest BCUT2D eigenvalue weighted by atomic mass is 9.92. The topological polar surface area (TPSA) is 40.2 Å². The highest BCUT2D eigenvalue weighted by Crippen LogP contribution is 2.41. The smallest absolute Gasteiger partial charge is 0.352 e. The Morgan fingerprint density at radius 2 is 2.18 bits per heavy atom. The normalized spacial score (nSPS) is 25.5. The first-order valence-corrected chi connectivity index (χ1v) is 8.98. The summed E-state index contributed by atoms with van der Waals surface area (Å²) in [4.78, 5) is 7.80. The summed E-state index contributed by atoms with van der Waals surface area (Å²) in [7, 11) is 0. The van der Waals surface area contributed by atoms with Crippen LogP contribution in [0, 0.1) is 6.92 Å². The van der Waals surface area contributed by atoms with Crippen LogP contribution in [0.5, 0.6) is 0 Å². The molecule has 2 aromatic heterocycles. The van der Waals surface area contributed by atoms with E-state index in [0.29, 0.717) is 12.6 Å². The first-order valence-electron chi connectivity index (χ1n) is 8.10. The summed E-state index contributed by atoms with van der Waals surface area (Å²) in [5.41, 5.74) is 0.258. The molecule has 2 aromatic rings.